The lowest BCUT2D eigenvalue weighted by molar-refractivity contribution is 0.0427. The van der Waals surface area contributed by atoms with Crippen LogP contribution in [-0.4, -0.2) is 42.4 Å². The van der Waals surface area contributed by atoms with Gasteiger partial charge in [0.25, 0.3) is 0 Å². The minimum atomic E-state index is 0.302. The van der Waals surface area contributed by atoms with E-state index in [1.165, 1.54) is 0 Å². The quantitative estimate of drug-likeness (QED) is 0.731. The summed E-state index contributed by atoms with van der Waals surface area (Å²) in [6, 6.07) is 0. The van der Waals surface area contributed by atoms with E-state index in [0.717, 1.165) is 45.0 Å². The van der Waals surface area contributed by atoms with Gasteiger partial charge in [-0.05, 0) is 12.8 Å². The molecular formula is C11H17N3O2. The van der Waals surface area contributed by atoms with Crippen LogP contribution < -0.4 is 5.32 Å². The Morgan fingerprint density at radius 3 is 3.25 bits per heavy atom. The average Bonchev–Trinajstić information content (AvgIpc) is 2.83. The minimum absolute atomic E-state index is 0.302. The number of nitrogens with one attached hydrogen (secondary N) is 1. The van der Waals surface area contributed by atoms with Gasteiger partial charge in [-0.25, -0.2) is 4.98 Å². The average molecular weight is 223 g/mol. The molecule has 0 amide bonds. The van der Waals surface area contributed by atoms with Crippen LogP contribution in [0.15, 0.2) is 18.6 Å². The maximum atomic E-state index is 5.64. The topological polar surface area (TPSA) is 56.3 Å². The number of rotatable bonds is 6. The first-order valence-corrected chi connectivity index (χ1v) is 5.64. The predicted octanol–water partition coefficient (Wildman–Crippen LogP) is 1.08. The van der Waals surface area contributed by atoms with E-state index in [-0.39, 0.29) is 0 Å². The Morgan fingerprint density at radius 2 is 2.50 bits per heavy atom. The van der Waals surface area contributed by atoms with Gasteiger partial charge in [0.05, 0.1) is 18.9 Å². The van der Waals surface area contributed by atoms with Crippen molar-refractivity contribution < 1.29 is 9.47 Å². The lowest BCUT2D eigenvalue weighted by atomic mass is 10.3. The third-order valence-corrected chi connectivity index (χ3v) is 2.43. The number of hydrogen-bond donors (Lipinski definition) is 1. The molecule has 5 nitrogen and oxygen atoms in total. The summed E-state index contributed by atoms with van der Waals surface area (Å²) in [5, 5.41) is 3.19. The van der Waals surface area contributed by atoms with Crippen molar-refractivity contribution in [3.05, 3.63) is 18.6 Å². The normalized spacial score (nSPS) is 19.9. The van der Waals surface area contributed by atoms with Gasteiger partial charge in [0.2, 0.25) is 0 Å². The van der Waals surface area contributed by atoms with Crippen LogP contribution in [0.4, 0.5) is 5.82 Å². The molecule has 0 aromatic carbocycles. The van der Waals surface area contributed by atoms with Crippen LogP contribution in [0, 0.1) is 0 Å². The third kappa shape index (κ3) is 3.75. The van der Waals surface area contributed by atoms with Crippen LogP contribution in [0.3, 0.4) is 0 Å². The monoisotopic (exact) mass is 223 g/mol. The molecule has 0 bridgehead atoms. The molecule has 0 radical (unpaired) electrons. The fraction of sp³-hybridized carbons (Fsp3) is 0.636. The zero-order chi connectivity index (χ0) is 11.1. The summed E-state index contributed by atoms with van der Waals surface area (Å²) in [6.45, 7) is 3.20. The Balaban J connectivity index is 1.52. The molecule has 1 fully saturated rings. The molecule has 1 saturated heterocycles. The van der Waals surface area contributed by atoms with E-state index >= 15 is 0 Å². The Labute approximate surface area is 95.2 Å². The molecular weight excluding hydrogens is 206 g/mol. The highest BCUT2D eigenvalue weighted by molar-refractivity contribution is 5.29. The van der Waals surface area contributed by atoms with Crippen LogP contribution >= 0.6 is 0 Å². The SMILES string of the molecule is c1cnc(NCCCOC2CCOC2)cn1. The van der Waals surface area contributed by atoms with Gasteiger partial charge in [0.1, 0.15) is 5.82 Å². The molecule has 1 atom stereocenters. The van der Waals surface area contributed by atoms with Crippen LogP contribution in [0.5, 0.6) is 0 Å². The van der Waals surface area contributed by atoms with Gasteiger partial charge in [-0.15, -0.1) is 0 Å². The molecule has 1 aromatic heterocycles. The number of anilines is 1. The lowest BCUT2D eigenvalue weighted by Gasteiger charge is -2.09. The molecule has 88 valence electrons. The van der Waals surface area contributed by atoms with Crippen molar-refractivity contribution in [3.8, 4) is 0 Å². The standard InChI is InChI=1S/C11H17N3O2/c1(6-16-10-2-7-15-9-10)3-13-11-8-12-4-5-14-11/h4-5,8,10H,1-3,6-7,9H2,(H,13,14). The first kappa shape index (κ1) is 11.3. The fourth-order valence-electron chi connectivity index (χ4n) is 1.57. The van der Waals surface area contributed by atoms with E-state index in [9.17, 15) is 0 Å². The fourth-order valence-corrected chi connectivity index (χ4v) is 1.57. The first-order valence-electron chi connectivity index (χ1n) is 5.64. The molecule has 0 aliphatic carbocycles. The van der Waals surface area contributed by atoms with Crippen molar-refractivity contribution in [3.63, 3.8) is 0 Å². The third-order valence-electron chi connectivity index (χ3n) is 2.43. The molecule has 0 saturated carbocycles. The largest absolute Gasteiger partial charge is 0.379 e. The van der Waals surface area contributed by atoms with Crippen molar-refractivity contribution in [2.24, 2.45) is 0 Å². The summed E-state index contributed by atoms with van der Waals surface area (Å²) in [5.41, 5.74) is 0. The summed E-state index contributed by atoms with van der Waals surface area (Å²) < 4.78 is 10.9. The highest BCUT2D eigenvalue weighted by atomic mass is 16.5. The lowest BCUT2D eigenvalue weighted by Crippen LogP contribution is -2.15. The van der Waals surface area contributed by atoms with Crippen molar-refractivity contribution in [2.45, 2.75) is 18.9 Å². The highest BCUT2D eigenvalue weighted by Gasteiger charge is 2.15. The number of hydrogen-bond acceptors (Lipinski definition) is 5. The second-order valence-corrected chi connectivity index (χ2v) is 3.73. The van der Waals surface area contributed by atoms with E-state index in [4.69, 9.17) is 9.47 Å². The van der Waals surface area contributed by atoms with Crippen molar-refractivity contribution in [2.75, 3.05) is 31.7 Å². The maximum absolute atomic E-state index is 5.64. The molecule has 2 heterocycles. The van der Waals surface area contributed by atoms with Crippen LogP contribution in [0.1, 0.15) is 12.8 Å². The summed E-state index contributed by atoms with van der Waals surface area (Å²) in [7, 11) is 0. The Bertz CT molecular complexity index is 289. The van der Waals surface area contributed by atoms with Gasteiger partial charge in [-0.3, -0.25) is 4.98 Å². The molecule has 1 aliphatic rings. The van der Waals surface area contributed by atoms with Crippen molar-refractivity contribution in [1.29, 1.82) is 0 Å². The van der Waals surface area contributed by atoms with Gasteiger partial charge in [-0.1, -0.05) is 0 Å². The zero-order valence-corrected chi connectivity index (χ0v) is 9.26. The van der Waals surface area contributed by atoms with Gasteiger partial charge < -0.3 is 14.8 Å². The summed E-state index contributed by atoms with van der Waals surface area (Å²) in [6.07, 6.45) is 7.34. The highest BCUT2D eigenvalue weighted by Crippen LogP contribution is 2.08. The van der Waals surface area contributed by atoms with E-state index in [1.807, 2.05) is 0 Å². The van der Waals surface area contributed by atoms with Crippen LogP contribution in [0.25, 0.3) is 0 Å². The summed E-state index contributed by atoms with van der Waals surface area (Å²) in [4.78, 5) is 8.09. The molecule has 2 rings (SSSR count). The van der Waals surface area contributed by atoms with Crippen LogP contribution in [0.2, 0.25) is 0 Å². The molecule has 5 heteroatoms. The molecule has 1 aromatic rings. The number of nitrogens with zero attached hydrogens (tertiary/aromatic N) is 2. The Kier molecular flexibility index (Phi) is 4.51. The predicted molar refractivity (Wildman–Crippen MR) is 60.3 cm³/mol. The summed E-state index contributed by atoms with van der Waals surface area (Å²) in [5.74, 6) is 0.812. The molecule has 1 unspecified atom stereocenters. The summed E-state index contributed by atoms with van der Waals surface area (Å²) >= 11 is 0. The molecule has 0 spiro atoms. The van der Waals surface area contributed by atoms with E-state index < -0.39 is 0 Å². The smallest absolute Gasteiger partial charge is 0.144 e. The number of ether oxygens (including phenoxy) is 2. The Morgan fingerprint density at radius 1 is 1.50 bits per heavy atom. The second-order valence-electron chi connectivity index (χ2n) is 3.73. The van der Waals surface area contributed by atoms with E-state index in [2.05, 4.69) is 15.3 Å². The van der Waals surface area contributed by atoms with Crippen molar-refractivity contribution in [1.82, 2.24) is 9.97 Å². The first-order chi connectivity index (χ1) is 7.95. The second kappa shape index (κ2) is 6.40. The van der Waals surface area contributed by atoms with Crippen LogP contribution in [-0.2, 0) is 9.47 Å². The molecule has 1 aliphatic heterocycles. The van der Waals surface area contributed by atoms with Crippen molar-refractivity contribution >= 4 is 5.82 Å². The number of aromatic nitrogens is 2. The Hall–Kier alpha value is -1.20. The maximum Gasteiger partial charge on any atom is 0.144 e. The molecule has 16 heavy (non-hydrogen) atoms. The van der Waals surface area contributed by atoms with Gasteiger partial charge in [-0.2, -0.15) is 0 Å². The van der Waals surface area contributed by atoms with Gasteiger partial charge >= 0.3 is 0 Å². The van der Waals surface area contributed by atoms with E-state index in [1.54, 1.807) is 18.6 Å². The van der Waals surface area contributed by atoms with Gasteiger partial charge in [0, 0.05) is 32.2 Å². The van der Waals surface area contributed by atoms with E-state index in [0.29, 0.717) is 6.10 Å². The van der Waals surface area contributed by atoms with Gasteiger partial charge in [0.15, 0.2) is 0 Å². The minimum Gasteiger partial charge on any atom is -0.379 e. The zero-order valence-electron chi connectivity index (χ0n) is 9.26. The molecule has 1 N–H and O–H groups in total.